The highest BCUT2D eigenvalue weighted by Gasteiger charge is 2.27. The highest BCUT2D eigenvalue weighted by molar-refractivity contribution is 6.11. The zero-order chi connectivity index (χ0) is 33.5. The number of hydrogen-bond acceptors (Lipinski definition) is 6. The summed E-state index contributed by atoms with van der Waals surface area (Å²) in [4.78, 5) is 71.3. The van der Waals surface area contributed by atoms with E-state index in [1.165, 1.54) is 36.7 Å². The summed E-state index contributed by atoms with van der Waals surface area (Å²) in [5.41, 5.74) is 0.0889. The summed E-state index contributed by atoms with van der Waals surface area (Å²) < 4.78 is 14.7. The number of rotatable bonds is 11. The van der Waals surface area contributed by atoms with Gasteiger partial charge in [-0.05, 0) is 60.7 Å². The second-order valence-corrected chi connectivity index (χ2v) is 11.6. The van der Waals surface area contributed by atoms with Gasteiger partial charge in [-0.2, -0.15) is 0 Å². The second kappa shape index (κ2) is 14.7. The van der Waals surface area contributed by atoms with E-state index in [0.717, 1.165) is 56.7 Å². The average molecular weight is 644 g/mol. The van der Waals surface area contributed by atoms with Gasteiger partial charge in [0.15, 0.2) is 0 Å². The van der Waals surface area contributed by atoms with Crippen molar-refractivity contribution in [3.8, 4) is 0 Å². The van der Waals surface area contributed by atoms with Crippen molar-refractivity contribution in [1.29, 1.82) is 0 Å². The summed E-state index contributed by atoms with van der Waals surface area (Å²) in [5, 5.41) is 26.9. The van der Waals surface area contributed by atoms with Crippen LogP contribution in [0.5, 0.6) is 0 Å². The lowest BCUT2D eigenvalue weighted by atomic mass is 9.99. The van der Waals surface area contributed by atoms with E-state index in [2.05, 4.69) is 25.9 Å². The molecule has 6 N–H and O–H groups in total. The van der Waals surface area contributed by atoms with Crippen LogP contribution in [0.25, 0.3) is 11.0 Å². The fourth-order valence-corrected chi connectivity index (χ4v) is 5.76. The van der Waals surface area contributed by atoms with E-state index in [4.69, 9.17) is 0 Å². The van der Waals surface area contributed by atoms with E-state index in [1.807, 2.05) is 0 Å². The molecule has 3 aromatic carbocycles. The molecule has 4 aromatic rings. The molecular formula is C34H34FN5O7. The normalized spacial score (nSPS) is 14.1. The number of aromatic carboxylic acids is 2. The van der Waals surface area contributed by atoms with Gasteiger partial charge in [0.25, 0.3) is 11.8 Å². The van der Waals surface area contributed by atoms with Crippen molar-refractivity contribution in [1.82, 2.24) is 20.6 Å². The van der Waals surface area contributed by atoms with Crippen molar-refractivity contribution in [2.45, 2.75) is 51.0 Å². The predicted octanol–water partition coefficient (Wildman–Crippen LogP) is 4.78. The molecule has 244 valence electrons. The Labute approximate surface area is 268 Å². The molecule has 1 atom stereocenters. The number of aromatic amines is 1. The molecule has 1 aromatic heterocycles. The van der Waals surface area contributed by atoms with Crippen LogP contribution in [0.4, 0.5) is 10.1 Å². The van der Waals surface area contributed by atoms with Crippen LogP contribution in [-0.2, 0) is 11.2 Å². The number of anilines is 1. The first-order valence-corrected chi connectivity index (χ1v) is 15.3. The SMILES string of the molecule is O=C(O)c1cc(NC(=O)[C@H](Cc2ccccc2F)NC(=O)c2cc3[nH]cnc3cc2C(=O)NCC2CCCCCC2)cc(C(=O)O)c1. The molecule has 0 radical (unpaired) electrons. The third-order valence-corrected chi connectivity index (χ3v) is 8.27. The van der Waals surface area contributed by atoms with Gasteiger partial charge in [0.05, 0.1) is 39.6 Å². The molecule has 5 rings (SSSR count). The van der Waals surface area contributed by atoms with Gasteiger partial charge in [0.2, 0.25) is 5.91 Å². The molecule has 1 aliphatic rings. The number of fused-ring (bicyclic) bond motifs is 1. The molecule has 1 saturated carbocycles. The van der Waals surface area contributed by atoms with E-state index in [0.29, 0.717) is 23.5 Å². The fourth-order valence-electron chi connectivity index (χ4n) is 5.76. The van der Waals surface area contributed by atoms with Gasteiger partial charge in [-0.25, -0.2) is 19.0 Å². The summed E-state index contributed by atoms with van der Waals surface area (Å²) in [6, 6.07) is 10.3. The van der Waals surface area contributed by atoms with Gasteiger partial charge < -0.3 is 31.1 Å². The summed E-state index contributed by atoms with van der Waals surface area (Å²) in [5.74, 6) is -5.30. The number of carboxylic acid groups (broad SMARTS) is 2. The summed E-state index contributed by atoms with van der Waals surface area (Å²) in [6.45, 7) is 0.449. The molecule has 0 spiro atoms. The van der Waals surface area contributed by atoms with Crippen LogP contribution >= 0.6 is 0 Å². The molecule has 0 aliphatic heterocycles. The molecule has 0 bridgehead atoms. The van der Waals surface area contributed by atoms with Crippen LogP contribution in [0.1, 0.15) is 85.5 Å². The molecule has 47 heavy (non-hydrogen) atoms. The van der Waals surface area contributed by atoms with Gasteiger partial charge in [-0.1, -0.05) is 43.9 Å². The highest BCUT2D eigenvalue weighted by atomic mass is 19.1. The predicted molar refractivity (Wildman–Crippen MR) is 170 cm³/mol. The second-order valence-electron chi connectivity index (χ2n) is 11.6. The first kappa shape index (κ1) is 32.8. The number of imidazole rings is 1. The van der Waals surface area contributed by atoms with Crippen LogP contribution in [-0.4, -0.2) is 62.4 Å². The molecule has 1 aliphatic carbocycles. The smallest absolute Gasteiger partial charge is 0.335 e. The van der Waals surface area contributed by atoms with Gasteiger partial charge in [0, 0.05) is 18.7 Å². The molecular weight excluding hydrogens is 609 g/mol. The van der Waals surface area contributed by atoms with E-state index in [9.17, 15) is 38.6 Å². The standard InChI is InChI=1S/C34H34FN5O7/c35-26-10-6-5-9-20(26)14-29(32(43)39-23-12-21(33(44)45)11-22(13-23)34(46)47)40-31(42)25-16-28-27(37-18-38-28)15-24(25)30(41)36-17-19-7-3-1-2-4-8-19/h5-6,9-13,15-16,18-19,29H,1-4,7-8,14,17H2,(H,36,41)(H,37,38)(H,39,43)(H,40,42)(H,44,45)(H,46,47)/t29-/m0/s1. The monoisotopic (exact) mass is 643 g/mol. The van der Waals surface area contributed by atoms with Crippen molar-refractivity contribution in [2.75, 3.05) is 11.9 Å². The third kappa shape index (κ3) is 8.17. The fraction of sp³-hybridized carbons (Fsp3) is 0.294. The minimum absolute atomic E-state index is 0.0426. The van der Waals surface area contributed by atoms with Crippen LogP contribution in [0.3, 0.4) is 0 Å². The molecule has 13 heteroatoms. The van der Waals surface area contributed by atoms with Crippen LogP contribution in [0.15, 0.2) is 60.9 Å². The molecule has 12 nitrogen and oxygen atoms in total. The summed E-state index contributed by atoms with van der Waals surface area (Å²) >= 11 is 0. The maximum atomic E-state index is 14.7. The number of H-pyrrole nitrogens is 1. The number of halogens is 1. The highest BCUT2D eigenvalue weighted by Crippen LogP contribution is 2.24. The number of carboxylic acids is 2. The van der Waals surface area contributed by atoms with E-state index < -0.39 is 41.5 Å². The lowest BCUT2D eigenvalue weighted by Gasteiger charge is -2.21. The lowest BCUT2D eigenvalue weighted by Crippen LogP contribution is -2.46. The van der Waals surface area contributed by atoms with E-state index in [-0.39, 0.29) is 39.9 Å². The van der Waals surface area contributed by atoms with Crippen molar-refractivity contribution in [3.63, 3.8) is 0 Å². The average Bonchev–Trinajstić information content (AvgIpc) is 3.36. The Morgan fingerprint density at radius 1 is 0.872 bits per heavy atom. The Balaban J connectivity index is 1.44. The lowest BCUT2D eigenvalue weighted by molar-refractivity contribution is -0.118. The Morgan fingerprint density at radius 2 is 1.53 bits per heavy atom. The van der Waals surface area contributed by atoms with Gasteiger partial charge in [0.1, 0.15) is 11.9 Å². The van der Waals surface area contributed by atoms with E-state index in [1.54, 1.807) is 6.07 Å². The number of amides is 3. The first-order chi connectivity index (χ1) is 22.6. The summed E-state index contributed by atoms with van der Waals surface area (Å²) in [6.07, 6.45) is 7.63. The molecule has 3 amide bonds. The van der Waals surface area contributed by atoms with Crippen molar-refractivity contribution >= 4 is 46.4 Å². The number of hydrogen-bond donors (Lipinski definition) is 6. The number of aromatic nitrogens is 2. The van der Waals surface area contributed by atoms with Gasteiger partial charge in [-0.15, -0.1) is 0 Å². The number of nitrogens with zero attached hydrogens (tertiary/aromatic N) is 1. The Bertz CT molecular complexity index is 1800. The number of carbonyl (C=O) groups is 5. The third-order valence-electron chi connectivity index (χ3n) is 8.27. The maximum absolute atomic E-state index is 14.7. The molecule has 0 saturated heterocycles. The first-order valence-electron chi connectivity index (χ1n) is 15.3. The molecule has 1 fully saturated rings. The Morgan fingerprint density at radius 3 is 2.19 bits per heavy atom. The topological polar surface area (TPSA) is 191 Å². The Hall–Kier alpha value is -5.59. The van der Waals surface area contributed by atoms with Crippen molar-refractivity contribution < 1.29 is 38.6 Å². The van der Waals surface area contributed by atoms with Crippen LogP contribution in [0.2, 0.25) is 0 Å². The van der Waals surface area contributed by atoms with Crippen molar-refractivity contribution in [2.24, 2.45) is 5.92 Å². The molecule has 0 unspecified atom stereocenters. The number of carbonyl (C=O) groups excluding carboxylic acids is 3. The number of benzene rings is 3. The zero-order valence-corrected chi connectivity index (χ0v) is 25.3. The minimum Gasteiger partial charge on any atom is -0.478 e. The largest absolute Gasteiger partial charge is 0.478 e. The molecule has 1 heterocycles. The van der Waals surface area contributed by atoms with Gasteiger partial charge in [-0.3, -0.25) is 14.4 Å². The quantitative estimate of drug-likeness (QED) is 0.126. The van der Waals surface area contributed by atoms with Crippen molar-refractivity contribution in [3.05, 3.63) is 94.6 Å². The van der Waals surface area contributed by atoms with Crippen LogP contribution < -0.4 is 16.0 Å². The minimum atomic E-state index is -1.43. The van der Waals surface area contributed by atoms with Crippen LogP contribution in [0, 0.1) is 11.7 Å². The van der Waals surface area contributed by atoms with E-state index >= 15 is 0 Å². The van der Waals surface area contributed by atoms with Gasteiger partial charge >= 0.3 is 11.9 Å². The maximum Gasteiger partial charge on any atom is 0.335 e. The Kier molecular flexibility index (Phi) is 10.2. The number of nitrogens with one attached hydrogen (secondary N) is 4. The summed E-state index contributed by atoms with van der Waals surface area (Å²) in [7, 11) is 0. The zero-order valence-electron chi connectivity index (χ0n) is 25.3.